The molecule has 1 atom stereocenters. The van der Waals surface area contributed by atoms with Gasteiger partial charge in [0.1, 0.15) is 10.4 Å². The first-order valence-electron chi connectivity index (χ1n) is 10.1. The van der Waals surface area contributed by atoms with Gasteiger partial charge in [-0.2, -0.15) is 10.2 Å². The first kappa shape index (κ1) is 22.7. The second-order valence-corrected chi connectivity index (χ2v) is 8.50. The number of rotatable bonds is 4. The Morgan fingerprint density at radius 1 is 1.27 bits per heavy atom. The van der Waals surface area contributed by atoms with E-state index in [1.54, 1.807) is 13.0 Å². The third-order valence-corrected chi connectivity index (χ3v) is 5.73. The highest BCUT2D eigenvalue weighted by Crippen LogP contribution is 2.24. The van der Waals surface area contributed by atoms with Gasteiger partial charge >= 0.3 is 7.12 Å². The summed E-state index contributed by atoms with van der Waals surface area (Å²) < 4.78 is 22.6. The number of nitrogens with zero attached hydrogens (tertiary/aromatic N) is 4. The molecule has 9 heteroatoms. The number of fused-ring (bicyclic) bond motifs is 1. The van der Waals surface area contributed by atoms with E-state index >= 15 is 0 Å². The van der Waals surface area contributed by atoms with E-state index < -0.39 is 7.12 Å². The van der Waals surface area contributed by atoms with Crippen molar-refractivity contribution in [2.75, 3.05) is 0 Å². The van der Waals surface area contributed by atoms with Gasteiger partial charge in [0.05, 0.1) is 11.8 Å². The highest BCUT2D eigenvalue weighted by atomic mass is 79.9. The summed E-state index contributed by atoms with van der Waals surface area (Å²) in [5.41, 5.74) is 5.09. The van der Waals surface area contributed by atoms with Gasteiger partial charge in [-0.15, -0.1) is 0 Å². The zero-order valence-electron chi connectivity index (χ0n) is 17.9. The second kappa shape index (κ2) is 9.45. The van der Waals surface area contributed by atoms with E-state index in [1.165, 1.54) is 29.0 Å². The normalized spacial score (nSPS) is 15.4. The monoisotopic (exact) mass is 476 g/mol. The Kier molecular flexibility index (Phi) is 7.16. The molecule has 1 aromatic carbocycles. The average molecular weight is 477 g/mol. The summed E-state index contributed by atoms with van der Waals surface area (Å²) in [5, 5.41) is 18.2. The van der Waals surface area contributed by atoms with Crippen LogP contribution in [-0.4, -0.2) is 31.7 Å². The lowest BCUT2D eigenvalue weighted by atomic mass is 9.79. The molecule has 1 N–H and O–H groups in total. The van der Waals surface area contributed by atoms with Crippen molar-refractivity contribution < 1.29 is 14.1 Å². The molecule has 0 unspecified atom stereocenters. The number of hydrogen-bond donors (Lipinski definition) is 1. The molecule has 6 nitrogen and oxygen atoms in total. The number of aryl methyl sites for hydroxylation is 2. The van der Waals surface area contributed by atoms with E-state index in [2.05, 4.69) is 59.3 Å². The molecule has 0 spiro atoms. The summed E-state index contributed by atoms with van der Waals surface area (Å²) in [5.74, 6) is 0.154. The second-order valence-electron chi connectivity index (χ2n) is 7.75. The van der Waals surface area contributed by atoms with Crippen LogP contribution in [-0.2, 0) is 24.7 Å². The number of hydrogen-bond acceptors (Lipinski definition) is 4. The third kappa shape index (κ3) is 5.02. The van der Waals surface area contributed by atoms with Gasteiger partial charge in [-0.05, 0) is 64.4 Å². The lowest BCUT2D eigenvalue weighted by Gasteiger charge is -2.03. The van der Waals surface area contributed by atoms with Crippen LogP contribution in [0, 0.1) is 5.82 Å². The Balaban J connectivity index is 0.000000184. The maximum Gasteiger partial charge on any atom is 0.491 e. The first-order chi connectivity index (χ1) is 14.2. The molecule has 1 aliphatic heterocycles. The molecule has 0 aliphatic carbocycles. The Morgan fingerprint density at radius 2 is 2.00 bits per heavy atom. The SMILES string of the molecule is CCn1cc(Cc2cn(C)nc2Br)c(C(C)C)n1.C[C@H]1OB(O)c2ccc(F)cc21. The largest absolute Gasteiger partial charge is 0.491 e. The van der Waals surface area contributed by atoms with Crippen molar-refractivity contribution in [3.63, 3.8) is 0 Å². The lowest BCUT2D eigenvalue weighted by molar-refractivity contribution is 0.208. The molecule has 0 bridgehead atoms. The topological polar surface area (TPSA) is 65.1 Å². The molecule has 3 aromatic rings. The fraction of sp³-hybridized carbons (Fsp3) is 0.429. The van der Waals surface area contributed by atoms with Gasteiger partial charge < -0.3 is 9.68 Å². The summed E-state index contributed by atoms with van der Waals surface area (Å²) >= 11 is 3.50. The van der Waals surface area contributed by atoms with Crippen molar-refractivity contribution in [3.8, 4) is 0 Å². The molecule has 0 amide bonds. The van der Waals surface area contributed by atoms with Crippen LogP contribution in [0.15, 0.2) is 35.2 Å². The van der Waals surface area contributed by atoms with Crippen molar-refractivity contribution >= 4 is 28.5 Å². The summed E-state index contributed by atoms with van der Waals surface area (Å²) in [6.45, 7) is 9.18. The number of aromatic nitrogens is 4. The molecule has 0 saturated heterocycles. The zero-order valence-corrected chi connectivity index (χ0v) is 19.5. The van der Waals surface area contributed by atoms with Gasteiger partial charge in [-0.25, -0.2) is 4.39 Å². The van der Waals surface area contributed by atoms with Gasteiger partial charge in [0.25, 0.3) is 0 Å². The maximum atomic E-state index is 12.7. The van der Waals surface area contributed by atoms with Crippen molar-refractivity contribution in [1.29, 1.82) is 0 Å². The zero-order chi connectivity index (χ0) is 22.0. The number of halogens is 2. The Bertz CT molecular complexity index is 1020. The van der Waals surface area contributed by atoms with Crippen LogP contribution in [0.25, 0.3) is 0 Å². The summed E-state index contributed by atoms with van der Waals surface area (Å²) in [4.78, 5) is 0. The molecule has 4 rings (SSSR count). The highest BCUT2D eigenvalue weighted by Gasteiger charge is 2.32. The van der Waals surface area contributed by atoms with Gasteiger partial charge in [0, 0.05) is 38.0 Å². The van der Waals surface area contributed by atoms with E-state index in [0.29, 0.717) is 11.4 Å². The van der Waals surface area contributed by atoms with E-state index in [0.717, 1.165) is 23.1 Å². The first-order valence-corrected chi connectivity index (χ1v) is 10.9. The molecule has 1 aliphatic rings. The van der Waals surface area contributed by atoms with Gasteiger partial charge in [0.15, 0.2) is 0 Å². The highest BCUT2D eigenvalue weighted by molar-refractivity contribution is 9.10. The van der Waals surface area contributed by atoms with Crippen LogP contribution in [0.5, 0.6) is 0 Å². The van der Waals surface area contributed by atoms with E-state index in [1.807, 2.05) is 16.4 Å². The average Bonchev–Trinajstić information content (AvgIpc) is 3.32. The molecule has 0 fully saturated rings. The van der Waals surface area contributed by atoms with E-state index in [4.69, 9.17) is 4.65 Å². The summed E-state index contributed by atoms with van der Waals surface area (Å²) in [6, 6.07) is 4.28. The summed E-state index contributed by atoms with van der Waals surface area (Å²) in [7, 11) is 1.04. The van der Waals surface area contributed by atoms with Crippen molar-refractivity contribution in [1.82, 2.24) is 19.6 Å². The molecule has 0 radical (unpaired) electrons. The Labute approximate surface area is 185 Å². The predicted molar refractivity (Wildman–Crippen MR) is 119 cm³/mol. The third-order valence-electron chi connectivity index (χ3n) is 5.06. The fourth-order valence-corrected chi connectivity index (χ4v) is 4.05. The van der Waals surface area contributed by atoms with Gasteiger partial charge in [-0.3, -0.25) is 9.36 Å². The molecule has 160 valence electrons. The molecular weight excluding hydrogens is 450 g/mol. The maximum absolute atomic E-state index is 12.7. The quantitative estimate of drug-likeness (QED) is 0.583. The van der Waals surface area contributed by atoms with Crippen LogP contribution in [0.2, 0.25) is 0 Å². The molecule has 0 saturated carbocycles. The molecule has 2 aromatic heterocycles. The number of benzene rings is 1. The molecule has 30 heavy (non-hydrogen) atoms. The van der Waals surface area contributed by atoms with Crippen LogP contribution in [0.1, 0.15) is 62.1 Å². The van der Waals surface area contributed by atoms with Crippen molar-refractivity contribution in [3.05, 3.63) is 63.4 Å². The van der Waals surface area contributed by atoms with Crippen molar-refractivity contribution in [2.24, 2.45) is 7.05 Å². The Morgan fingerprint density at radius 3 is 2.60 bits per heavy atom. The fourth-order valence-electron chi connectivity index (χ4n) is 3.56. The smallest absolute Gasteiger partial charge is 0.423 e. The molecule has 3 heterocycles. The van der Waals surface area contributed by atoms with E-state index in [-0.39, 0.29) is 11.9 Å². The van der Waals surface area contributed by atoms with Gasteiger partial charge in [0.2, 0.25) is 0 Å². The van der Waals surface area contributed by atoms with Crippen LogP contribution >= 0.6 is 15.9 Å². The standard InChI is InChI=1S/C13H19BrN4.C8H8BFO2/c1-5-18-8-10(12(15-18)9(2)3)6-11-7-17(4)16-13(11)14;1-5-7-4-6(10)2-3-8(7)9(11)12-5/h7-9H,5-6H2,1-4H3;2-5,11H,1H3/t;5-/m.1/s1. The van der Waals surface area contributed by atoms with Crippen LogP contribution in [0.3, 0.4) is 0 Å². The van der Waals surface area contributed by atoms with E-state index in [9.17, 15) is 9.41 Å². The summed E-state index contributed by atoms with van der Waals surface area (Å²) in [6.07, 6.45) is 4.86. The lowest BCUT2D eigenvalue weighted by Crippen LogP contribution is -2.27. The van der Waals surface area contributed by atoms with Crippen LogP contribution < -0.4 is 5.46 Å². The Hall–Kier alpha value is -1.97. The minimum atomic E-state index is -0.893. The minimum absolute atomic E-state index is 0.217. The molecular formula is C21H27BBrFN4O2. The van der Waals surface area contributed by atoms with Gasteiger partial charge in [-0.1, -0.05) is 19.9 Å². The minimum Gasteiger partial charge on any atom is -0.423 e. The van der Waals surface area contributed by atoms with Crippen LogP contribution in [0.4, 0.5) is 4.39 Å². The predicted octanol–water partition coefficient (Wildman–Crippen LogP) is 3.72. The van der Waals surface area contributed by atoms with Crippen molar-refractivity contribution in [2.45, 2.75) is 52.7 Å².